The van der Waals surface area contributed by atoms with Gasteiger partial charge in [0.1, 0.15) is 0 Å². The molecule has 2 N–H and O–H groups in total. The van der Waals surface area contributed by atoms with Crippen LogP contribution in [0, 0.1) is 0 Å². The number of halogens is 2. The highest BCUT2D eigenvalue weighted by atomic mass is 35.5. The van der Waals surface area contributed by atoms with E-state index in [9.17, 15) is 4.79 Å². The summed E-state index contributed by atoms with van der Waals surface area (Å²) in [5.74, 6) is -0.457. The first kappa shape index (κ1) is 14.2. The first-order chi connectivity index (χ1) is 9.08. The van der Waals surface area contributed by atoms with E-state index in [1.54, 1.807) is 11.3 Å². The Morgan fingerprint density at radius 3 is 2.79 bits per heavy atom. The number of carbonyl (C=O) groups is 1. The smallest absolute Gasteiger partial charge is 0.338 e. The molecule has 0 spiro atoms. The Morgan fingerprint density at radius 2 is 2.16 bits per heavy atom. The predicted molar refractivity (Wildman–Crippen MR) is 79.2 cm³/mol. The van der Waals surface area contributed by atoms with Crippen LogP contribution in [-0.2, 0) is 11.2 Å². The van der Waals surface area contributed by atoms with Crippen molar-refractivity contribution in [3.05, 3.63) is 50.1 Å². The van der Waals surface area contributed by atoms with Crippen molar-refractivity contribution in [1.29, 1.82) is 0 Å². The summed E-state index contributed by atoms with van der Waals surface area (Å²) < 4.78 is 5.16. The van der Waals surface area contributed by atoms with Crippen molar-refractivity contribution in [2.45, 2.75) is 6.42 Å². The number of esters is 1. The Balaban J connectivity index is 1.96. The minimum absolute atomic E-state index is 0.242. The Labute approximate surface area is 124 Å². The minimum atomic E-state index is -0.457. The maximum Gasteiger partial charge on any atom is 0.338 e. The molecule has 0 unspecified atom stereocenters. The summed E-state index contributed by atoms with van der Waals surface area (Å²) in [5.41, 5.74) is 6.21. The topological polar surface area (TPSA) is 52.3 Å². The van der Waals surface area contributed by atoms with E-state index in [0.29, 0.717) is 18.6 Å². The fourth-order valence-electron chi connectivity index (χ4n) is 1.51. The van der Waals surface area contributed by atoms with Gasteiger partial charge in [-0.2, -0.15) is 0 Å². The zero-order chi connectivity index (χ0) is 13.8. The number of thiophene rings is 1. The van der Waals surface area contributed by atoms with Gasteiger partial charge in [0.15, 0.2) is 0 Å². The summed E-state index contributed by atoms with van der Waals surface area (Å²) in [5, 5.41) is 2.47. The van der Waals surface area contributed by atoms with E-state index in [2.05, 4.69) is 0 Å². The summed E-state index contributed by atoms with van der Waals surface area (Å²) in [7, 11) is 0. The van der Waals surface area contributed by atoms with E-state index in [-0.39, 0.29) is 15.7 Å². The fraction of sp³-hybridized carbons (Fsp3) is 0.154. The SMILES string of the molecule is Nc1cc(C(=O)OCCc2cccs2)cc(Cl)c1Cl. The summed E-state index contributed by atoms with van der Waals surface area (Å²) in [6, 6.07) is 6.87. The van der Waals surface area contributed by atoms with Crippen LogP contribution in [-0.4, -0.2) is 12.6 Å². The van der Waals surface area contributed by atoms with Gasteiger partial charge < -0.3 is 10.5 Å². The number of hydrogen-bond donors (Lipinski definition) is 1. The number of nitrogen functional groups attached to an aromatic ring is 1. The van der Waals surface area contributed by atoms with E-state index in [1.165, 1.54) is 17.0 Å². The van der Waals surface area contributed by atoms with E-state index in [0.717, 1.165) is 0 Å². The van der Waals surface area contributed by atoms with Crippen LogP contribution in [0.3, 0.4) is 0 Å². The number of hydrogen-bond acceptors (Lipinski definition) is 4. The molecule has 1 aromatic heterocycles. The minimum Gasteiger partial charge on any atom is -0.462 e. The third-order valence-corrected chi connectivity index (χ3v) is 4.21. The highest BCUT2D eigenvalue weighted by Crippen LogP contribution is 2.29. The molecule has 0 aliphatic heterocycles. The summed E-state index contributed by atoms with van der Waals surface area (Å²) >= 11 is 13.3. The lowest BCUT2D eigenvalue weighted by Gasteiger charge is -2.07. The van der Waals surface area contributed by atoms with Crippen LogP contribution in [0.15, 0.2) is 29.6 Å². The molecular formula is C13H11Cl2NO2S. The van der Waals surface area contributed by atoms with Crippen LogP contribution in [0.1, 0.15) is 15.2 Å². The predicted octanol–water partition coefficient (Wildman–Crippen LogP) is 4.04. The number of benzene rings is 1. The molecule has 0 saturated carbocycles. The van der Waals surface area contributed by atoms with Crippen molar-refractivity contribution in [1.82, 2.24) is 0 Å². The van der Waals surface area contributed by atoms with Gasteiger partial charge in [-0.05, 0) is 23.6 Å². The molecule has 6 heteroatoms. The van der Waals surface area contributed by atoms with Crippen molar-refractivity contribution in [3.63, 3.8) is 0 Å². The molecule has 0 atom stereocenters. The monoisotopic (exact) mass is 315 g/mol. The lowest BCUT2D eigenvalue weighted by molar-refractivity contribution is 0.0510. The summed E-state index contributed by atoms with van der Waals surface area (Å²) in [6.45, 7) is 0.319. The molecule has 0 saturated heterocycles. The van der Waals surface area contributed by atoms with Crippen LogP contribution in [0.2, 0.25) is 10.0 Å². The molecule has 1 aromatic carbocycles. The zero-order valence-corrected chi connectivity index (χ0v) is 12.2. The second kappa shape index (κ2) is 6.28. The maximum atomic E-state index is 11.8. The van der Waals surface area contributed by atoms with Gasteiger partial charge in [-0.25, -0.2) is 4.79 Å². The molecule has 1 heterocycles. The van der Waals surface area contributed by atoms with Gasteiger partial charge in [-0.15, -0.1) is 11.3 Å². The Morgan fingerprint density at radius 1 is 1.37 bits per heavy atom. The molecule has 100 valence electrons. The largest absolute Gasteiger partial charge is 0.462 e. The molecule has 2 aromatic rings. The molecule has 2 rings (SSSR count). The van der Waals surface area contributed by atoms with Gasteiger partial charge in [-0.1, -0.05) is 29.3 Å². The highest BCUT2D eigenvalue weighted by Gasteiger charge is 2.12. The van der Waals surface area contributed by atoms with Crippen LogP contribution in [0.5, 0.6) is 0 Å². The third kappa shape index (κ3) is 3.62. The first-order valence-corrected chi connectivity index (χ1v) is 7.15. The van der Waals surface area contributed by atoms with Crippen molar-refractivity contribution in [3.8, 4) is 0 Å². The van der Waals surface area contributed by atoms with E-state index in [1.807, 2.05) is 17.5 Å². The van der Waals surface area contributed by atoms with Gasteiger partial charge >= 0.3 is 5.97 Å². The number of nitrogens with two attached hydrogens (primary N) is 1. The van der Waals surface area contributed by atoms with Crippen molar-refractivity contribution in [2.24, 2.45) is 0 Å². The van der Waals surface area contributed by atoms with Crippen LogP contribution < -0.4 is 5.73 Å². The summed E-state index contributed by atoms with van der Waals surface area (Å²) in [4.78, 5) is 13.0. The zero-order valence-electron chi connectivity index (χ0n) is 9.86. The summed E-state index contributed by atoms with van der Waals surface area (Å²) in [6.07, 6.45) is 0.695. The number of anilines is 1. The molecule has 0 amide bonds. The molecule has 0 aliphatic rings. The molecule has 0 radical (unpaired) electrons. The highest BCUT2D eigenvalue weighted by molar-refractivity contribution is 7.09. The van der Waals surface area contributed by atoms with Gasteiger partial charge in [0.2, 0.25) is 0 Å². The molecular weight excluding hydrogens is 305 g/mol. The van der Waals surface area contributed by atoms with Crippen molar-refractivity contribution < 1.29 is 9.53 Å². The van der Waals surface area contributed by atoms with Crippen LogP contribution >= 0.6 is 34.5 Å². The van der Waals surface area contributed by atoms with Gasteiger partial charge in [0.05, 0.1) is 27.9 Å². The molecule has 19 heavy (non-hydrogen) atoms. The Bertz CT molecular complexity index is 561. The van der Waals surface area contributed by atoms with E-state index in [4.69, 9.17) is 33.7 Å². The quantitative estimate of drug-likeness (QED) is 0.684. The van der Waals surface area contributed by atoms with Gasteiger partial charge in [-0.3, -0.25) is 0 Å². The van der Waals surface area contributed by atoms with E-state index >= 15 is 0 Å². The van der Waals surface area contributed by atoms with Crippen LogP contribution in [0.25, 0.3) is 0 Å². The standard InChI is InChI=1S/C13H11Cl2NO2S/c14-10-6-8(7-11(16)12(10)15)13(17)18-4-3-9-2-1-5-19-9/h1-2,5-7H,3-4,16H2. The second-order valence-electron chi connectivity index (χ2n) is 3.83. The van der Waals surface area contributed by atoms with Gasteiger partial charge in [0.25, 0.3) is 0 Å². The lowest BCUT2D eigenvalue weighted by Crippen LogP contribution is -2.08. The van der Waals surface area contributed by atoms with Crippen LogP contribution in [0.4, 0.5) is 5.69 Å². The first-order valence-electron chi connectivity index (χ1n) is 5.52. The van der Waals surface area contributed by atoms with Crippen molar-refractivity contribution >= 4 is 46.2 Å². The lowest BCUT2D eigenvalue weighted by atomic mass is 10.2. The van der Waals surface area contributed by atoms with E-state index < -0.39 is 5.97 Å². The molecule has 0 fully saturated rings. The fourth-order valence-corrected chi connectivity index (χ4v) is 2.54. The average molecular weight is 316 g/mol. The maximum absolute atomic E-state index is 11.8. The number of ether oxygens (including phenoxy) is 1. The Hall–Kier alpha value is -1.23. The normalized spacial score (nSPS) is 10.4. The van der Waals surface area contributed by atoms with Gasteiger partial charge in [0, 0.05) is 11.3 Å². The molecule has 0 bridgehead atoms. The average Bonchev–Trinajstić information content (AvgIpc) is 2.88. The molecule has 0 aliphatic carbocycles. The van der Waals surface area contributed by atoms with Crippen molar-refractivity contribution in [2.75, 3.05) is 12.3 Å². The Kier molecular flexibility index (Phi) is 4.69. The third-order valence-electron chi connectivity index (χ3n) is 2.45. The molecule has 3 nitrogen and oxygen atoms in total. The number of carbonyl (C=O) groups excluding carboxylic acids is 1. The number of rotatable bonds is 4. The second-order valence-corrected chi connectivity index (χ2v) is 5.64.